The molecule has 1 aromatic carbocycles. The molecule has 0 heterocycles. The molecule has 3 N–H and O–H groups in total. The minimum absolute atomic E-state index is 0.0825. The summed E-state index contributed by atoms with van der Waals surface area (Å²) >= 11 is 0. The van der Waals surface area contributed by atoms with E-state index >= 15 is 0 Å². The monoisotopic (exact) mass is 604 g/mol. The van der Waals surface area contributed by atoms with Gasteiger partial charge in [-0.25, -0.2) is 4.79 Å². The second kappa shape index (κ2) is 10.6. The standard InChI is InChI=1S/C39H56O5/c1-24(2)26-14-19-39(23-40)21-20-37(6)27(34(26)39)10-12-31-36(5)17-16-32(35(3,4)30(36)15-18-38(31,37)7)44-33(43)13-9-25-8-11-28(41)29(42)22-25/h8-9,11,13,22,26-27,30-32,34,40-42H,1,10,12,14-21,23H2,2-7H3/b13-9+/t26-,27+,30-,31+,32?,34+,36-,37+,38+,39+/m0/s1. The van der Waals surface area contributed by atoms with Crippen molar-refractivity contribution in [3.63, 3.8) is 0 Å². The number of allylic oxidation sites excluding steroid dienone is 1. The molecule has 5 nitrogen and oxygen atoms in total. The summed E-state index contributed by atoms with van der Waals surface area (Å²) in [4.78, 5) is 13.0. The van der Waals surface area contributed by atoms with Gasteiger partial charge in [0.15, 0.2) is 11.5 Å². The fraction of sp³-hybridized carbons (Fsp3) is 0.718. The lowest BCUT2D eigenvalue weighted by molar-refractivity contribution is -0.251. The summed E-state index contributed by atoms with van der Waals surface area (Å²) in [6.45, 7) is 19.5. The fourth-order valence-corrected chi connectivity index (χ4v) is 12.7. The van der Waals surface area contributed by atoms with Gasteiger partial charge in [0.25, 0.3) is 0 Å². The van der Waals surface area contributed by atoms with Crippen LogP contribution in [0.25, 0.3) is 6.08 Å². The molecule has 1 unspecified atom stereocenters. The number of aromatic hydroxyl groups is 2. The Morgan fingerprint density at radius 2 is 1.66 bits per heavy atom. The highest BCUT2D eigenvalue weighted by Gasteiger charge is 2.71. The molecule has 6 rings (SSSR count). The fourth-order valence-electron chi connectivity index (χ4n) is 12.7. The Balaban J connectivity index is 1.22. The summed E-state index contributed by atoms with van der Waals surface area (Å²) in [7, 11) is 0. The molecule has 242 valence electrons. The Hall–Kier alpha value is -2.27. The molecule has 0 aromatic heterocycles. The highest BCUT2D eigenvalue weighted by atomic mass is 16.5. The quantitative estimate of drug-likeness (QED) is 0.135. The number of carbonyl (C=O) groups excluding carboxylic acids is 1. The van der Waals surface area contributed by atoms with E-state index in [-0.39, 0.29) is 50.6 Å². The van der Waals surface area contributed by atoms with Gasteiger partial charge < -0.3 is 20.1 Å². The van der Waals surface area contributed by atoms with Gasteiger partial charge in [-0.15, -0.1) is 0 Å². The van der Waals surface area contributed by atoms with Gasteiger partial charge in [-0.3, -0.25) is 0 Å². The van der Waals surface area contributed by atoms with E-state index < -0.39 is 0 Å². The zero-order valence-corrected chi connectivity index (χ0v) is 28.0. The number of phenols is 2. The molecule has 0 saturated heterocycles. The zero-order chi connectivity index (χ0) is 31.9. The molecule has 0 bridgehead atoms. The minimum atomic E-state index is -0.355. The van der Waals surface area contributed by atoms with Crippen LogP contribution >= 0.6 is 0 Å². The van der Waals surface area contributed by atoms with Crippen molar-refractivity contribution in [3.8, 4) is 11.5 Å². The number of aliphatic hydroxyl groups excluding tert-OH is 1. The summed E-state index contributed by atoms with van der Waals surface area (Å²) in [6.07, 6.45) is 14.5. The first kappa shape index (κ1) is 31.7. The summed E-state index contributed by atoms with van der Waals surface area (Å²) < 4.78 is 6.18. The van der Waals surface area contributed by atoms with E-state index in [2.05, 4.69) is 48.1 Å². The molecule has 0 aliphatic heterocycles. The van der Waals surface area contributed by atoms with E-state index in [4.69, 9.17) is 4.74 Å². The van der Waals surface area contributed by atoms with Crippen LogP contribution < -0.4 is 0 Å². The molecule has 5 aliphatic rings. The first-order valence-electron chi connectivity index (χ1n) is 17.3. The van der Waals surface area contributed by atoms with Gasteiger partial charge in [0.2, 0.25) is 0 Å². The average molecular weight is 605 g/mol. The van der Waals surface area contributed by atoms with Gasteiger partial charge in [0, 0.05) is 18.1 Å². The number of hydrogen-bond acceptors (Lipinski definition) is 5. The van der Waals surface area contributed by atoms with E-state index in [9.17, 15) is 20.1 Å². The number of carbonyl (C=O) groups is 1. The minimum Gasteiger partial charge on any atom is -0.504 e. The average Bonchev–Trinajstić information content (AvgIpc) is 3.36. The predicted molar refractivity (Wildman–Crippen MR) is 175 cm³/mol. The number of ether oxygens (including phenoxy) is 1. The highest BCUT2D eigenvalue weighted by Crippen LogP contribution is 2.77. The maximum Gasteiger partial charge on any atom is 0.331 e. The van der Waals surface area contributed by atoms with Crippen LogP contribution in [0.1, 0.15) is 111 Å². The number of phenolic OH excluding ortho intramolecular Hbond substituents is 2. The molecule has 1 aromatic rings. The number of rotatable bonds is 5. The number of benzene rings is 1. The Bertz CT molecular complexity index is 1350. The van der Waals surface area contributed by atoms with E-state index in [1.165, 1.54) is 55.9 Å². The Kier molecular flexibility index (Phi) is 7.67. The lowest BCUT2D eigenvalue weighted by Crippen LogP contribution is -2.67. The summed E-state index contributed by atoms with van der Waals surface area (Å²) in [5, 5.41) is 30.2. The van der Waals surface area contributed by atoms with Crippen LogP contribution in [0.4, 0.5) is 0 Å². The molecular weight excluding hydrogens is 548 g/mol. The van der Waals surface area contributed by atoms with Crippen molar-refractivity contribution in [1.82, 2.24) is 0 Å². The Morgan fingerprint density at radius 3 is 2.34 bits per heavy atom. The van der Waals surface area contributed by atoms with Crippen LogP contribution in [0, 0.1) is 56.7 Å². The lowest BCUT2D eigenvalue weighted by Gasteiger charge is -2.73. The second-order valence-electron chi connectivity index (χ2n) is 17.1. The van der Waals surface area contributed by atoms with Gasteiger partial charge >= 0.3 is 5.97 Å². The normalized spacial score (nSPS) is 44.2. The SMILES string of the molecule is C=C(C)[C@@H]1CC[C@]2(CO)CC[C@]3(C)[C@H](CC[C@@H]4[C@@]5(C)CCC(OC(=O)/C=C/c6ccc(O)c(O)c6)C(C)(C)[C@@H]5CC[C@]43C)[C@@H]12. The second-order valence-corrected chi connectivity index (χ2v) is 17.1. The summed E-state index contributed by atoms with van der Waals surface area (Å²) in [5.74, 6) is 2.10. The molecule has 44 heavy (non-hydrogen) atoms. The maximum absolute atomic E-state index is 13.0. The third-order valence-electron chi connectivity index (χ3n) is 15.2. The molecule has 0 amide bonds. The third kappa shape index (κ3) is 4.45. The first-order chi connectivity index (χ1) is 20.6. The van der Waals surface area contributed by atoms with Crippen molar-refractivity contribution >= 4 is 12.0 Å². The predicted octanol–water partition coefficient (Wildman–Crippen LogP) is 8.67. The largest absolute Gasteiger partial charge is 0.504 e. The Labute approximate surface area is 265 Å². The lowest BCUT2D eigenvalue weighted by atomic mass is 9.32. The molecular formula is C39H56O5. The van der Waals surface area contributed by atoms with Gasteiger partial charge in [-0.2, -0.15) is 0 Å². The third-order valence-corrected chi connectivity index (χ3v) is 15.2. The maximum atomic E-state index is 13.0. The van der Waals surface area contributed by atoms with Gasteiger partial charge in [-0.1, -0.05) is 52.8 Å². The molecule has 0 radical (unpaired) electrons. The first-order valence-corrected chi connectivity index (χ1v) is 17.3. The van der Waals surface area contributed by atoms with Crippen molar-refractivity contribution in [2.75, 3.05) is 6.61 Å². The van der Waals surface area contributed by atoms with E-state index in [0.717, 1.165) is 32.1 Å². The van der Waals surface area contributed by atoms with Crippen LogP contribution in [-0.2, 0) is 9.53 Å². The van der Waals surface area contributed by atoms with Crippen LogP contribution in [0.15, 0.2) is 36.4 Å². The van der Waals surface area contributed by atoms with E-state index in [1.54, 1.807) is 12.1 Å². The molecule has 5 aliphatic carbocycles. The zero-order valence-electron chi connectivity index (χ0n) is 28.0. The number of aliphatic hydroxyl groups is 1. The van der Waals surface area contributed by atoms with Crippen LogP contribution in [-0.4, -0.2) is 34.0 Å². The highest BCUT2D eigenvalue weighted by molar-refractivity contribution is 5.87. The van der Waals surface area contributed by atoms with Crippen molar-refractivity contribution in [2.45, 2.75) is 112 Å². The number of fused-ring (bicyclic) bond motifs is 7. The molecule has 10 atom stereocenters. The van der Waals surface area contributed by atoms with Crippen LogP contribution in [0.2, 0.25) is 0 Å². The molecule has 0 spiro atoms. The molecule has 5 heteroatoms. The van der Waals surface area contributed by atoms with Crippen LogP contribution in [0.5, 0.6) is 11.5 Å². The van der Waals surface area contributed by atoms with Crippen molar-refractivity contribution in [2.24, 2.45) is 56.7 Å². The van der Waals surface area contributed by atoms with Crippen LogP contribution in [0.3, 0.4) is 0 Å². The number of hydrogen-bond donors (Lipinski definition) is 3. The number of esters is 1. The molecule has 5 saturated carbocycles. The molecule has 5 fully saturated rings. The summed E-state index contributed by atoms with van der Waals surface area (Å²) in [5.41, 5.74) is 2.61. The van der Waals surface area contributed by atoms with Crippen molar-refractivity contribution < 1.29 is 24.9 Å². The smallest absolute Gasteiger partial charge is 0.331 e. The van der Waals surface area contributed by atoms with Crippen molar-refractivity contribution in [1.29, 1.82) is 0 Å². The van der Waals surface area contributed by atoms with E-state index in [1.807, 2.05) is 0 Å². The summed E-state index contributed by atoms with van der Waals surface area (Å²) in [6, 6.07) is 4.51. The topological polar surface area (TPSA) is 87.0 Å². The van der Waals surface area contributed by atoms with Gasteiger partial charge in [0.1, 0.15) is 6.10 Å². The van der Waals surface area contributed by atoms with Gasteiger partial charge in [-0.05, 0) is 146 Å². The van der Waals surface area contributed by atoms with Crippen molar-refractivity contribution in [3.05, 3.63) is 42.0 Å². The van der Waals surface area contributed by atoms with E-state index in [0.29, 0.717) is 41.8 Å². The van der Waals surface area contributed by atoms with Gasteiger partial charge in [0.05, 0.1) is 0 Å². The Morgan fingerprint density at radius 1 is 0.909 bits per heavy atom.